The third-order valence-corrected chi connectivity index (χ3v) is 4.71. The molecule has 136 valence electrons. The summed E-state index contributed by atoms with van der Waals surface area (Å²) in [4.78, 5) is 19.2. The molecule has 0 bridgehead atoms. The molecule has 5 rings (SSSR count). The van der Waals surface area contributed by atoms with Gasteiger partial charge in [-0.2, -0.15) is 5.10 Å². The average Bonchev–Trinajstić information content (AvgIpc) is 3.31. The van der Waals surface area contributed by atoms with Crippen molar-refractivity contribution < 1.29 is 4.42 Å². The Morgan fingerprint density at radius 3 is 2.46 bits per heavy atom. The Morgan fingerprint density at radius 1 is 1.00 bits per heavy atom. The van der Waals surface area contributed by atoms with E-state index < -0.39 is 0 Å². The van der Waals surface area contributed by atoms with Crippen molar-refractivity contribution in [2.45, 2.75) is 6.92 Å². The van der Waals surface area contributed by atoms with E-state index in [4.69, 9.17) is 9.52 Å². The highest BCUT2D eigenvalue weighted by Gasteiger charge is 2.21. The van der Waals surface area contributed by atoms with Crippen molar-refractivity contribution in [1.29, 1.82) is 0 Å². The minimum atomic E-state index is -0.243. The third kappa shape index (κ3) is 2.54. The van der Waals surface area contributed by atoms with E-state index >= 15 is 0 Å². The monoisotopic (exact) mass is 368 g/mol. The lowest BCUT2D eigenvalue weighted by molar-refractivity contribution is 0.568. The first-order valence-electron chi connectivity index (χ1n) is 8.90. The van der Waals surface area contributed by atoms with Gasteiger partial charge in [0.15, 0.2) is 0 Å². The van der Waals surface area contributed by atoms with Gasteiger partial charge < -0.3 is 9.40 Å². The van der Waals surface area contributed by atoms with E-state index in [2.05, 4.69) is 9.97 Å². The largest absolute Gasteiger partial charge is 0.442 e. The molecule has 0 radical (unpaired) electrons. The van der Waals surface area contributed by atoms with Gasteiger partial charge in [-0.3, -0.25) is 4.79 Å². The van der Waals surface area contributed by atoms with Gasteiger partial charge in [-0.1, -0.05) is 48.5 Å². The van der Waals surface area contributed by atoms with Gasteiger partial charge in [0.2, 0.25) is 5.71 Å². The van der Waals surface area contributed by atoms with E-state index in [9.17, 15) is 4.79 Å². The third-order valence-electron chi connectivity index (χ3n) is 4.71. The van der Waals surface area contributed by atoms with Crippen molar-refractivity contribution >= 4 is 11.1 Å². The molecule has 6 nitrogen and oxygen atoms in total. The zero-order valence-corrected chi connectivity index (χ0v) is 15.1. The Balaban J connectivity index is 1.81. The maximum atomic E-state index is 12.4. The predicted octanol–water partition coefficient (Wildman–Crippen LogP) is 4.34. The first kappa shape index (κ1) is 16.3. The van der Waals surface area contributed by atoms with Gasteiger partial charge in [-0.15, -0.1) is 0 Å². The topological polar surface area (TPSA) is 76.7 Å². The minimum Gasteiger partial charge on any atom is -0.442 e. The molecule has 3 aromatic heterocycles. The molecule has 0 saturated carbocycles. The van der Waals surface area contributed by atoms with Crippen LogP contribution in [0.5, 0.6) is 0 Å². The summed E-state index contributed by atoms with van der Waals surface area (Å²) in [5.41, 5.74) is 4.29. The Morgan fingerprint density at radius 2 is 1.71 bits per heavy atom. The summed E-state index contributed by atoms with van der Waals surface area (Å²) in [6.07, 6.45) is 1.34. The predicted molar refractivity (Wildman–Crippen MR) is 107 cm³/mol. The number of hydrogen-bond acceptors (Lipinski definition) is 4. The molecule has 0 aliphatic heterocycles. The van der Waals surface area contributed by atoms with Crippen molar-refractivity contribution in [3.05, 3.63) is 89.2 Å². The quantitative estimate of drug-likeness (QED) is 0.514. The Hall–Kier alpha value is -3.93. The highest BCUT2D eigenvalue weighted by Crippen LogP contribution is 2.34. The van der Waals surface area contributed by atoms with Crippen LogP contribution in [0.1, 0.15) is 5.76 Å². The molecular weight excluding hydrogens is 352 g/mol. The fourth-order valence-corrected chi connectivity index (χ4v) is 3.45. The first-order chi connectivity index (χ1) is 13.7. The second kappa shape index (κ2) is 6.35. The number of aromatic nitrogens is 4. The number of para-hydroxylation sites is 1. The Kier molecular flexibility index (Phi) is 3.69. The normalized spacial score (nSPS) is 11.2. The van der Waals surface area contributed by atoms with Gasteiger partial charge in [0, 0.05) is 5.56 Å². The van der Waals surface area contributed by atoms with Crippen LogP contribution in [-0.4, -0.2) is 19.7 Å². The lowest BCUT2D eigenvalue weighted by atomic mass is 10.1. The molecule has 0 spiro atoms. The van der Waals surface area contributed by atoms with Gasteiger partial charge in [-0.05, 0) is 25.1 Å². The molecular formula is C22H16N4O2. The lowest BCUT2D eigenvalue weighted by Gasteiger charge is -2.07. The lowest BCUT2D eigenvalue weighted by Crippen LogP contribution is -2.05. The van der Waals surface area contributed by atoms with Crippen LogP contribution in [0.3, 0.4) is 0 Å². The number of hydrogen-bond donors (Lipinski definition) is 1. The average molecular weight is 368 g/mol. The second-order valence-electron chi connectivity index (χ2n) is 6.47. The molecule has 5 aromatic rings. The van der Waals surface area contributed by atoms with Gasteiger partial charge in [-0.25, -0.2) is 9.67 Å². The van der Waals surface area contributed by atoms with Crippen molar-refractivity contribution in [3.8, 4) is 28.2 Å². The maximum absolute atomic E-state index is 12.4. The van der Waals surface area contributed by atoms with E-state index in [0.717, 1.165) is 16.9 Å². The van der Waals surface area contributed by atoms with Gasteiger partial charge in [0.25, 0.3) is 5.56 Å². The molecule has 0 aliphatic rings. The van der Waals surface area contributed by atoms with E-state index in [1.807, 2.05) is 78.3 Å². The molecule has 6 heteroatoms. The summed E-state index contributed by atoms with van der Waals surface area (Å²) in [5.74, 6) is 0.608. The fraction of sp³-hybridized carbons (Fsp3) is 0.0455. The van der Waals surface area contributed by atoms with Gasteiger partial charge in [0.05, 0.1) is 29.0 Å². The highest BCUT2D eigenvalue weighted by molar-refractivity contribution is 5.92. The van der Waals surface area contributed by atoms with Gasteiger partial charge in [0.1, 0.15) is 11.1 Å². The highest BCUT2D eigenvalue weighted by atomic mass is 16.3. The van der Waals surface area contributed by atoms with E-state index in [-0.39, 0.29) is 5.56 Å². The van der Waals surface area contributed by atoms with Crippen molar-refractivity contribution in [2.24, 2.45) is 0 Å². The Labute approximate surface area is 160 Å². The van der Waals surface area contributed by atoms with Crippen LogP contribution in [-0.2, 0) is 0 Å². The van der Waals surface area contributed by atoms with Crippen molar-refractivity contribution in [1.82, 2.24) is 19.7 Å². The summed E-state index contributed by atoms with van der Waals surface area (Å²) in [5, 5.41) is 5.24. The van der Waals surface area contributed by atoms with Crippen molar-refractivity contribution in [2.75, 3.05) is 0 Å². The van der Waals surface area contributed by atoms with E-state index in [1.54, 1.807) is 0 Å². The number of H-pyrrole nitrogens is 1. The van der Waals surface area contributed by atoms with Crippen LogP contribution in [0.2, 0.25) is 0 Å². The molecule has 28 heavy (non-hydrogen) atoms. The number of benzene rings is 2. The second-order valence-corrected chi connectivity index (χ2v) is 6.47. The number of nitrogens with zero attached hydrogens (tertiary/aromatic N) is 3. The van der Waals surface area contributed by atoms with Crippen LogP contribution in [0.15, 0.2) is 82.3 Å². The summed E-state index contributed by atoms with van der Waals surface area (Å²) >= 11 is 0. The smallest absolute Gasteiger partial charge is 0.262 e. The van der Waals surface area contributed by atoms with Crippen LogP contribution in [0, 0.1) is 6.92 Å². The number of aryl methyl sites for hydroxylation is 1. The number of fused-ring (bicyclic) bond motifs is 1. The summed E-state index contributed by atoms with van der Waals surface area (Å²) < 4.78 is 7.60. The maximum Gasteiger partial charge on any atom is 0.262 e. The minimum absolute atomic E-state index is 0.243. The van der Waals surface area contributed by atoms with Crippen LogP contribution in [0.4, 0.5) is 0 Å². The standard InChI is InChI=1S/C22H16N4O2/c1-14-19(20-21(27)23-13-24-22(20)28-14)17-12-18(15-8-4-2-5-9-15)26(25-17)16-10-6-3-7-11-16/h2-13H,1H3,(H,23,24,27). The molecule has 1 N–H and O–H groups in total. The molecule has 2 aromatic carbocycles. The molecule has 0 amide bonds. The molecule has 0 unspecified atom stereocenters. The first-order valence-corrected chi connectivity index (χ1v) is 8.90. The van der Waals surface area contributed by atoms with E-state index in [0.29, 0.717) is 28.1 Å². The number of nitrogens with one attached hydrogen (secondary N) is 1. The summed E-state index contributed by atoms with van der Waals surface area (Å²) in [6, 6.07) is 21.9. The zero-order valence-electron chi connectivity index (χ0n) is 15.1. The van der Waals surface area contributed by atoms with Crippen molar-refractivity contribution in [3.63, 3.8) is 0 Å². The van der Waals surface area contributed by atoms with Crippen LogP contribution in [0.25, 0.3) is 39.3 Å². The molecule has 0 aliphatic carbocycles. The molecule has 3 heterocycles. The van der Waals surface area contributed by atoms with Crippen LogP contribution >= 0.6 is 0 Å². The molecule has 0 atom stereocenters. The SMILES string of the molecule is Cc1oc2nc[nH]c(=O)c2c1-c1cc(-c2ccccc2)n(-c2ccccc2)n1. The zero-order chi connectivity index (χ0) is 19.1. The van der Waals surface area contributed by atoms with Crippen LogP contribution < -0.4 is 5.56 Å². The fourth-order valence-electron chi connectivity index (χ4n) is 3.45. The number of aromatic amines is 1. The number of furan rings is 1. The number of rotatable bonds is 3. The van der Waals surface area contributed by atoms with E-state index in [1.165, 1.54) is 6.33 Å². The molecule has 0 saturated heterocycles. The summed E-state index contributed by atoms with van der Waals surface area (Å²) in [7, 11) is 0. The Bertz CT molecular complexity index is 1270. The molecule has 0 fully saturated rings. The van der Waals surface area contributed by atoms with Gasteiger partial charge >= 0.3 is 0 Å². The summed E-state index contributed by atoms with van der Waals surface area (Å²) in [6.45, 7) is 1.82.